The zero-order chi connectivity index (χ0) is 17.1. The number of benzene rings is 1. The zero-order valence-corrected chi connectivity index (χ0v) is 13.9. The molecule has 5 nitrogen and oxygen atoms in total. The Kier molecular flexibility index (Phi) is 5.19. The molecule has 0 aromatic heterocycles. The van der Waals surface area contributed by atoms with E-state index in [0.717, 1.165) is 36.8 Å². The molecule has 2 fully saturated rings. The lowest BCUT2D eigenvalue weighted by atomic mass is 9.76. The zero-order valence-electron chi connectivity index (χ0n) is 13.9. The van der Waals surface area contributed by atoms with Crippen LogP contribution in [-0.4, -0.2) is 35.9 Å². The minimum absolute atomic E-state index is 0.0558. The second-order valence-corrected chi connectivity index (χ2v) is 6.80. The minimum atomic E-state index is -0.807. The summed E-state index contributed by atoms with van der Waals surface area (Å²) in [5.74, 6) is -0.415. The van der Waals surface area contributed by atoms with Crippen LogP contribution in [0.1, 0.15) is 37.3 Å². The van der Waals surface area contributed by atoms with E-state index in [1.54, 1.807) is 0 Å². The van der Waals surface area contributed by atoms with E-state index in [4.69, 9.17) is 14.6 Å². The molecule has 130 valence electrons. The Balaban J connectivity index is 1.65. The van der Waals surface area contributed by atoms with Crippen molar-refractivity contribution < 1.29 is 24.2 Å². The Morgan fingerprint density at radius 3 is 2.50 bits per heavy atom. The van der Waals surface area contributed by atoms with Gasteiger partial charge in [0.25, 0.3) is 0 Å². The maximum Gasteiger partial charge on any atom is 0.307 e. The molecule has 0 radical (unpaired) electrons. The number of aliphatic carboxylic acids is 1. The SMILES string of the molecule is CC(=O)OC[C@H]1[C@@H](CCc2ccccc2CC(=O)O)[C@@H]2CC[C@H]1O2. The average Bonchev–Trinajstić information content (AvgIpc) is 3.12. The molecular weight excluding hydrogens is 308 g/mol. The van der Waals surface area contributed by atoms with Crippen LogP contribution in [0.25, 0.3) is 0 Å². The molecule has 0 saturated carbocycles. The van der Waals surface area contributed by atoms with E-state index in [1.165, 1.54) is 6.92 Å². The molecule has 1 aromatic rings. The minimum Gasteiger partial charge on any atom is -0.481 e. The maximum atomic E-state index is 11.1. The van der Waals surface area contributed by atoms with Crippen LogP contribution in [0.2, 0.25) is 0 Å². The first-order valence-corrected chi connectivity index (χ1v) is 8.62. The lowest BCUT2D eigenvalue weighted by molar-refractivity contribution is -0.143. The van der Waals surface area contributed by atoms with Gasteiger partial charge >= 0.3 is 11.9 Å². The summed E-state index contributed by atoms with van der Waals surface area (Å²) in [6.45, 7) is 1.86. The van der Waals surface area contributed by atoms with Crippen LogP contribution < -0.4 is 0 Å². The summed E-state index contributed by atoms with van der Waals surface area (Å²) in [5.41, 5.74) is 1.97. The number of hydrogen-bond donors (Lipinski definition) is 1. The Hall–Kier alpha value is -1.88. The van der Waals surface area contributed by atoms with Crippen molar-refractivity contribution >= 4 is 11.9 Å². The molecule has 2 bridgehead atoms. The fourth-order valence-corrected chi connectivity index (χ4v) is 4.17. The van der Waals surface area contributed by atoms with Crippen LogP contribution in [0.15, 0.2) is 24.3 Å². The number of fused-ring (bicyclic) bond motifs is 2. The molecule has 0 amide bonds. The van der Waals surface area contributed by atoms with Crippen molar-refractivity contribution in [1.29, 1.82) is 0 Å². The molecule has 2 saturated heterocycles. The summed E-state index contributed by atoms with van der Waals surface area (Å²) >= 11 is 0. The first-order chi connectivity index (χ1) is 11.5. The van der Waals surface area contributed by atoms with Gasteiger partial charge < -0.3 is 14.6 Å². The van der Waals surface area contributed by atoms with E-state index in [1.807, 2.05) is 24.3 Å². The summed E-state index contributed by atoms with van der Waals surface area (Å²) in [6.07, 6.45) is 4.39. The van der Waals surface area contributed by atoms with Gasteiger partial charge in [-0.2, -0.15) is 0 Å². The van der Waals surface area contributed by atoms with Gasteiger partial charge in [-0.15, -0.1) is 0 Å². The maximum absolute atomic E-state index is 11.1. The molecular formula is C19H24O5. The van der Waals surface area contributed by atoms with E-state index in [0.29, 0.717) is 12.5 Å². The van der Waals surface area contributed by atoms with Gasteiger partial charge in [0.05, 0.1) is 25.2 Å². The number of carboxylic acids is 1. The standard InChI is InChI=1S/C19H24O5/c1-12(20)23-11-16-15(17-8-9-18(16)24-17)7-6-13-4-2-3-5-14(13)10-19(21)22/h2-5,15-18H,6-11H2,1H3,(H,21,22)/t15-,16+,17+,18-/m1/s1. The fourth-order valence-electron chi connectivity index (χ4n) is 4.17. The fraction of sp³-hybridized carbons (Fsp3) is 0.579. The second kappa shape index (κ2) is 7.34. The monoisotopic (exact) mass is 332 g/mol. The van der Waals surface area contributed by atoms with Crippen LogP contribution in [0.4, 0.5) is 0 Å². The highest BCUT2D eigenvalue weighted by Crippen LogP contribution is 2.45. The van der Waals surface area contributed by atoms with Crippen molar-refractivity contribution in [2.45, 2.75) is 51.2 Å². The van der Waals surface area contributed by atoms with Crippen molar-refractivity contribution in [3.63, 3.8) is 0 Å². The van der Waals surface area contributed by atoms with Gasteiger partial charge in [-0.25, -0.2) is 0 Å². The molecule has 2 heterocycles. The number of carboxylic acid groups (broad SMARTS) is 1. The number of carbonyl (C=O) groups excluding carboxylic acids is 1. The van der Waals surface area contributed by atoms with E-state index in [9.17, 15) is 9.59 Å². The van der Waals surface area contributed by atoms with Gasteiger partial charge in [0, 0.05) is 12.8 Å². The van der Waals surface area contributed by atoms with Crippen LogP contribution >= 0.6 is 0 Å². The summed E-state index contributed by atoms with van der Waals surface area (Å²) < 4.78 is 11.3. The normalized spacial score (nSPS) is 28.0. The average molecular weight is 332 g/mol. The third kappa shape index (κ3) is 3.78. The van der Waals surface area contributed by atoms with E-state index < -0.39 is 5.97 Å². The van der Waals surface area contributed by atoms with E-state index in [2.05, 4.69) is 0 Å². The molecule has 1 aromatic carbocycles. The Labute approximate surface area is 142 Å². The van der Waals surface area contributed by atoms with Crippen molar-refractivity contribution in [2.75, 3.05) is 6.61 Å². The number of rotatable bonds is 7. The smallest absolute Gasteiger partial charge is 0.307 e. The number of aryl methyl sites for hydroxylation is 1. The molecule has 3 rings (SSSR count). The van der Waals surface area contributed by atoms with Crippen molar-refractivity contribution in [1.82, 2.24) is 0 Å². The molecule has 2 aliphatic heterocycles. The molecule has 5 heteroatoms. The number of ether oxygens (including phenoxy) is 2. The highest BCUT2D eigenvalue weighted by Gasteiger charge is 2.48. The Bertz CT molecular complexity index is 612. The van der Waals surface area contributed by atoms with Crippen molar-refractivity contribution in [3.8, 4) is 0 Å². The first-order valence-electron chi connectivity index (χ1n) is 8.62. The van der Waals surface area contributed by atoms with Crippen LogP contribution in [-0.2, 0) is 31.9 Å². The highest BCUT2D eigenvalue weighted by molar-refractivity contribution is 5.70. The van der Waals surface area contributed by atoms with E-state index >= 15 is 0 Å². The Morgan fingerprint density at radius 2 is 1.83 bits per heavy atom. The number of hydrogen-bond acceptors (Lipinski definition) is 4. The van der Waals surface area contributed by atoms with Gasteiger partial charge in [-0.3, -0.25) is 9.59 Å². The van der Waals surface area contributed by atoms with Gasteiger partial charge in [0.1, 0.15) is 0 Å². The first kappa shape index (κ1) is 17.0. The van der Waals surface area contributed by atoms with Crippen molar-refractivity contribution in [2.24, 2.45) is 11.8 Å². The molecule has 2 aliphatic rings. The number of carbonyl (C=O) groups is 2. The highest BCUT2D eigenvalue weighted by atomic mass is 16.5. The summed E-state index contributed by atoms with van der Waals surface area (Å²) in [7, 11) is 0. The van der Waals surface area contributed by atoms with Gasteiger partial charge in [-0.05, 0) is 42.7 Å². The van der Waals surface area contributed by atoms with Gasteiger partial charge in [0.2, 0.25) is 0 Å². The van der Waals surface area contributed by atoms with Crippen LogP contribution in [0.3, 0.4) is 0 Å². The molecule has 0 unspecified atom stereocenters. The van der Waals surface area contributed by atoms with Gasteiger partial charge in [0.15, 0.2) is 0 Å². The Morgan fingerprint density at radius 1 is 1.17 bits per heavy atom. The topological polar surface area (TPSA) is 72.8 Å². The van der Waals surface area contributed by atoms with E-state index in [-0.39, 0.29) is 30.5 Å². The summed E-state index contributed by atoms with van der Waals surface area (Å²) in [6, 6.07) is 7.73. The van der Waals surface area contributed by atoms with Crippen LogP contribution in [0, 0.1) is 11.8 Å². The quantitative estimate of drug-likeness (QED) is 0.777. The lowest BCUT2D eigenvalue weighted by Gasteiger charge is -2.27. The largest absolute Gasteiger partial charge is 0.481 e. The summed E-state index contributed by atoms with van der Waals surface area (Å²) in [5, 5.41) is 9.05. The molecule has 24 heavy (non-hydrogen) atoms. The van der Waals surface area contributed by atoms with Gasteiger partial charge in [-0.1, -0.05) is 24.3 Å². The van der Waals surface area contributed by atoms with Crippen molar-refractivity contribution in [3.05, 3.63) is 35.4 Å². The molecule has 0 aliphatic carbocycles. The third-order valence-electron chi connectivity index (χ3n) is 5.28. The number of esters is 1. The van der Waals surface area contributed by atoms with Crippen LogP contribution in [0.5, 0.6) is 0 Å². The molecule has 0 spiro atoms. The predicted octanol–water partition coefficient (Wildman–Crippen LogP) is 2.60. The molecule has 4 atom stereocenters. The molecule has 1 N–H and O–H groups in total. The second-order valence-electron chi connectivity index (χ2n) is 6.80. The lowest BCUT2D eigenvalue weighted by Crippen LogP contribution is -2.31. The summed E-state index contributed by atoms with van der Waals surface area (Å²) in [4.78, 5) is 22.1. The third-order valence-corrected chi connectivity index (χ3v) is 5.28. The predicted molar refractivity (Wildman–Crippen MR) is 87.6 cm³/mol.